The molecule has 0 atom stereocenters. The van der Waals surface area contributed by atoms with Gasteiger partial charge in [-0.05, 0) is 55.3 Å². The Labute approximate surface area is 175 Å². The van der Waals surface area contributed by atoms with Crippen molar-refractivity contribution in [3.05, 3.63) is 53.3 Å². The summed E-state index contributed by atoms with van der Waals surface area (Å²) < 4.78 is 67.6. The Morgan fingerprint density at radius 2 is 1.62 bits per heavy atom. The Bertz CT molecular complexity index is 1080. The first kappa shape index (κ1) is 22.0. The van der Waals surface area contributed by atoms with Crippen LogP contribution in [-0.4, -0.2) is 34.2 Å². The molecule has 1 aliphatic carbocycles. The first-order chi connectivity index (χ1) is 13.6. The van der Waals surface area contributed by atoms with E-state index in [1.165, 1.54) is 28.6 Å². The van der Waals surface area contributed by atoms with Gasteiger partial charge in [0.25, 0.3) is 10.0 Å². The van der Waals surface area contributed by atoms with Gasteiger partial charge in [-0.3, -0.25) is 4.72 Å². The molecule has 1 fully saturated rings. The first-order valence-corrected chi connectivity index (χ1v) is 12.5. The molecule has 6 nitrogen and oxygen atoms in total. The molecule has 1 aliphatic rings. The number of sulfonamides is 2. The number of halogens is 2. The zero-order valence-electron chi connectivity index (χ0n) is 15.8. The van der Waals surface area contributed by atoms with Crippen molar-refractivity contribution in [1.29, 1.82) is 0 Å². The fourth-order valence-corrected chi connectivity index (χ4v) is 6.41. The van der Waals surface area contributed by atoms with Crippen LogP contribution in [0.2, 0.25) is 5.02 Å². The van der Waals surface area contributed by atoms with E-state index in [0.717, 1.165) is 50.3 Å². The summed E-state index contributed by atoms with van der Waals surface area (Å²) in [5, 5.41) is -0.245. The highest BCUT2D eigenvalue weighted by Gasteiger charge is 2.29. The summed E-state index contributed by atoms with van der Waals surface area (Å²) >= 11 is 5.83. The lowest BCUT2D eigenvalue weighted by atomic mass is 9.96. The molecule has 2 aromatic carbocycles. The summed E-state index contributed by atoms with van der Waals surface area (Å²) in [6, 6.07) is 8.42. The van der Waals surface area contributed by atoms with Crippen LogP contribution < -0.4 is 4.72 Å². The molecule has 29 heavy (non-hydrogen) atoms. The molecule has 2 aromatic rings. The molecule has 3 rings (SSSR count). The maximum absolute atomic E-state index is 13.2. The summed E-state index contributed by atoms with van der Waals surface area (Å²) in [7, 11) is -6.14. The Hall–Kier alpha value is -1.68. The van der Waals surface area contributed by atoms with Crippen molar-refractivity contribution in [3.63, 3.8) is 0 Å². The molecule has 0 unspecified atom stereocenters. The maximum atomic E-state index is 13.2. The Balaban J connectivity index is 1.79. The molecule has 0 saturated heterocycles. The number of hydrogen-bond donors (Lipinski definition) is 1. The van der Waals surface area contributed by atoms with Crippen molar-refractivity contribution in [1.82, 2.24) is 4.31 Å². The fraction of sp³-hybridized carbons (Fsp3) is 0.368. The van der Waals surface area contributed by atoms with E-state index in [1.54, 1.807) is 7.05 Å². The molecule has 1 N–H and O–H groups in total. The van der Waals surface area contributed by atoms with E-state index in [4.69, 9.17) is 11.6 Å². The van der Waals surface area contributed by atoms with Crippen LogP contribution in [0.5, 0.6) is 0 Å². The monoisotopic (exact) mass is 460 g/mol. The highest BCUT2D eigenvalue weighted by Crippen LogP contribution is 2.28. The number of anilines is 1. The van der Waals surface area contributed by atoms with Crippen molar-refractivity contribution < 1.29 is 21.2 Å². The fourth-order valence-electron chi connectivity index (χ4n) is 3.41. The Morgan fingerprint density at radius 3 is 2.21 bits per heavy atom. The van der Waals surface area contributed by atoms with Gasteiger partial charge in [-0.15, -0.1) is 0 Å². The number of rotatable bonds is 6. The molecule has 0 radical (unpaired) electrons. The smallest absolute Gasteiger partial charge is 0.263 e. The molecule has 0 bridgehead atoms. The molecule has 10 heteroatoms. The molecule has 0 heterocycles. The zero-order valence-corrected chi connectivity index (χ0v) is 18.2. The van der Waals surface area contributed by atoms with Gasteiger partial charge < -0.3 is 0 Å². The minimum absolute atomic E-state index is 0.0208. The van der Waals surface area contributed by atoms with Gasteiger partial charge in [-0.2, -0.15) is 4.31 Å². The summed E-state index contributed by atoms with van der Waals surface area (Å²) in [4.78, 5) is -0.178. The van der Waals surface area contributed by atoms with Gasteiger partial charge in [0.15, 0.2) is 0 Å². The Morgan fingerprint density at radius 1 is 1.00 bits per heavy atom. The molecule has 0 aromatic heterocycles. The standard InChI is InChI=1S/C19H22ClFN2O4S2/c1-23(16-5-3-2-4-6-16)29(26,27)17-10-8-15(9-11-17)22-28(24,25)19-12-7-14(21)13-18(19)20/h7-13,16,22H,2-6H2,1H3. The lowest BCUT2D eigenvalue weighted by molar-refractivity contribution is 0.286. The second kappa shape index (κ2) is 8.59. The normalized spacial score (nSPS) is 16.1. The lowest BCUT2D eigenvalue weighted by Crippen LogP contribution is -2.38. The predicted molar refractivity (Wildman–Crippen MR) is 110 cm³/mol. The summed E-state index contributed by atoms with van der Waals surface area (Å²) in [5.74, 6) is -0.648. The van der Waals surface area contributed by atoms with Crippen molar-refractivity contribution in [2.24, 2.45) is 0 Å². The van der Waals surface area contributed by atoms with Gasteiger partial charge in [-0.1, -0.05) is 30.9 Å². The average Bonchev–Trinajstić information content (AvgIpc) is 2.68. The van der Waals surface area contributed by atoms with Crippen LogP contribution in [0.25, 0.3) is 0 Å². The second-order valence-corrected chi connectivity index (χ2v) is 11.1. The second-order valence-electron chi connectivity index (χ2n) is 7.02. The maximum Gasteiger partial charge on any atom is 0.263 e. The van der Waals surface area contributed by atoms with Crippen LogP contribution in [0.4, 0.5) is 10.1 Å². The zero-order chi connectivity index (χ0) is 21.2. The average molecular weight is 461 g/mol. The topological polar surface area (TPSA) is 83.6 Å². The van der Waals surface area contributed by atoms with Gasteiger partial charge in [0.05, 0.1) is 9.92 Å². The highest BCUT2D eigenvalue weighted by molar-refractivity contribution is 7.92. The van der Waals surface area contributed by atoms with E-state index in [2.05, 4.69) is 4.72 Å². The molecule has 0 spiro atoms. The highest BCUT2D eigenvalue weighted by atomic mass is 35.5. The van der Waals surface area contributed by atoms with Crippen molar-refractivity contribution in [2.45, 2.75) is 47.9 Å². The van der Waals surface area contributed by atoms with Gasteiger partial charge in [-0.25, -0.2) is 21.2 Å². The van der Waals surface area contributed by atoms with Crippen molar-refractivity contribution >= 4 is 37.3 Å². The van der Waals surface area contributed by atoms with Gasteiger partial charge >= 0.3 is 0 Å². The number of nitrogens with one attached hydrogen (secondary N) is 1. The third kappa shape index (κ3) is 4.91. The predicted octanol–water partition coefficient (Wildman–Crippen LogP) is 4.23. The van der Waals surface area contributed by atoms with Crippen LogP contribution in [0.1, 0.15) is 32.1 Å². The first-order valence-electron chi connectivity index (χ1n) is 9.17. The summed E-state index contributed by atoms with van der Waals surface area (Å²) in [6.07, 6.45) is 4.82. The van der Waals surface area contributed by atoms with Crippen molar-refractivity contribution in [3.8, 4) is 0 Å². The van der Waals surface area contributed by atoms with Crippen LogP contribution >= 0.6 is 11.6 Å². The van der Waals surface area contributed by atoms with E-state index in [9.17, 15) is 21.2 Å². The van der Waals surface area contributed by atoms with Gasteiger partial charge in [0, 0.05) is 18.8 Å². The third-order valence-electron chi connectivity index (χ3n) is 5.06. The molecule has 0 amide bonds. The lowest BCUT2D eigenvalue weighted by Gasteiger charge is -2.30. The van der Waals surface area contributed by atoms with E-state index in [1.807, 2.05) is 0 Å². The number of benzene rings is 2. The van der Waals surface area contributed by atoms with Crippen LogP contribution in [0, 0.1) is 5.82 Å². The molecular formula is C19H22ClFN2O4S2. The van der Waals surface area contributed by atoms with E-state index in [-0.39, 0.29) is 26.5 Å². The number of hydrogen-bond acceptors (Lipinski definition) is 4. The molecular weight excluding hydrogens is 439 g/mol. The summed E-state index contributed by atoms with van der Waals surface area (Å²) in [6.45, 7) is 0. The minimum atomic E-state index is -4.05. The quantitative estimate of drug-likeness (QED) is 0.699. The van der Waals surface area contributed by atoms with E-state index in [0.29, 0.717) is 0 Å². The van der Waals surface area contributed by atoms with Crippen LogP contribution in [0.15, 0.2) is 52.3 Å². The van der Waals surface area contributed by atoms with Gasteiger partial charge in [0.2, 0.25) is 10.0 Å². The summed E-state index contributed by atoms with van der Waals surface area (Å²) in [5.41, 5.74) is 0.171. The number of nitrogens with zero attached hydrogens (tertiary/aromatic N) is 1. The van der Waals surface area contributed by atoms with Crippen LogP contribution in [0.3, 0.4) is 0 Å². The van der Waals surface area contributed by atoms with Crippen LogP contribution in [-0.2, 0) is 20.0 Å². The third-order valence-corrected chi connectivity index (χ3v) is 8.84. The minimum Gasteiger partial charge on any atom is -0.280 e. The van der Waals surface area contributed by atoms with Crippen molar-refractivity contribution in [2.75, 3.05) is 11.8 Å². The van der Waals surface area contributed by atoms with Gasteiger partial charge in [0.1, 0.15) is 10.7 Å². The van der Waals surface area contributed by atoms with E-state index >= 15 is 0 Å². The van der Waals surface area contributed by atoms with E-state index < -0.39 is 25.9 Å². The molecule has 1 saturated carbocycles. The largest absolute Gasteiger partial charge is 0.280 e. The SMILES string of the molecule is CN(C1CCCCC1)S(=O)(=O)c1ccc(NS(=O)(=O)c2ccc(F)cc2Cl)cc1. The Kier molecular flexibility index (Phi) is 6.52. The molecule has 158 valence electrons. The molecule has 0 aliphatic heterocycles.